The van der Waals surface area contributed by atoms with E-state index in [9.17, 15) is 19.8 Å². The molecule has 0 spiro atoms. The normalized spacial score (nSPS) is 13.6. The molecule has 0 aliphatic carbocycles. The number of aliphatic hydroxyl groups excluding tert-OH is 2. The Morgan fingerprint density at radius 1 is 1.35 bits per heavy atom. The predicted molar refractivity (Wildman–Crippen MR) is 70.6 cm³/mol. The number of aliphatic hydroxyl groups is 2. The molecule has 0 saturated carbocycles. The van der Waals surface area contributed by atoms with Crippen molar-refractivity contribution in [1.29, 1.82) is 0 Å². The third-order valence-electron chi connectivity index (χ3n) is 2.62. The summed E-state index contributed by atoms with van der Waals surface area (Å²) in [5.41, 5.74) is -0.355. The Hall–Kier alpha value is -1.63. The van der Waals surface area contributed by atoms with Crippen molar-refractivity contribution in [1.82, 2.24) is 0 Å². The summed E-state index contributed by atoms with van der Waals surface area (Å²) in [7, 11) is 0. The molecule has 110 valence electrons. The quantitative estimate of drug-likeness (QED) is 0.686. The van der Waals surface area contributed by atoms with Crippen molar-refractivity contribution in [3.8, 4) is 0 Å². The number of aromatic carboxylic acids is 1. The Labute approximate surface area is 120 Å². The van der Waals surface area contributed by atoms with Crippen LogP contribution in [-0.4, -0.2) is 40.0 Å². The highest BCUT2D eigenvalue weighted by molar-refractivity contribution is 6.31. The van der Waals surface area contributed by atoms with Crippen molar-refractivity contribution < 1.29 is 29.6 Å². The maximum atomic E-state index is 11.3. The van der Waals surface area contributed by atoms with Gasteiger partial charge in [0, 0.05) is 10.6 Å². The van der Waals surface area contributed by atoms with E-state index in [1.807, 2.05) is 0 Å². The third kappa shape index (κ3) is 3.93. The van der Waals surface area contributed by atoms with Crippen LogP contribution in [0.2, 0.25) is 5.02 Å². The number of halogens is 1. The highest BCUT2D eigenvalue weighted by atomic mass is 35.5. The van der Waals surface area contributed by atoms with Crippen LogP contribution in [0.25, 0.3) is 0 Å². The Morgan fingerprint density at radius 3 is 2.55 bits per heavy atom. The van der Waals surface area contributed by atoms with Gasteiger partial charge in [0.1, 0.15) is 6.10 Å². The zero-order chi connectivity index (χ0) is 15.3. The summed E-state index contributed by atoms with van der Waals surface area (Å²) in [6, 6.07) is 4.06. The van der Waals surface area contributed by atoms with Crippen LogP contribution in [0.15, 0.2) is 18.2 Å². The molecular weight excluding hydrogens is 288 g/mol. The fourth-order valence-electron chi connectivity index (χ4n) is 1.72. The number of ether oxygens (including phenoxy) is 1. The van der Waals surface area contributed by atoms with E-state index < -0.39 is 30.6 Å². The van der Waals surface area contributed by atoms with Gasteiger partial charge in [0.15, 0.2) is 0 Å². The number of benzene rings is 1. The Bertz CT molecular complexity index is 502. The molecule has 0 fully saturated rings. The number of carboxylic acid groups (broad SMARTS) is 1. The molecular formula is C13H15ClO6. The van der Waals surface area contributed by atoms with Crippen molar-refractivity contribution in [2.75, 3.05) is 6.61 Å². The largest absolute Gasteiger partial charge is 0.478 e. The van der Waals surface area contributed by atoms with Crippen LogP contribution in [0.5, 0.6) is 0 Å². The number of carbonyl (C=O) groups excluding carboxylic acids is 1. The Morgan fingerprint density at radius 2 is 2.00 bits per heavy atom. The third-order valence-corrected chi connectivity index (χ3v) is 2.95. The van der Waals surface area contributed by atoms with E-state index in [0.29, 0.717) is 0 Å². The van der Waals surface area contributed by atoms with Crippen molar-refractivity contribution in [2.45, 2.75) is 25.6 Å². The van der Waals surface area contributed by atoms with Crippen LogP contribution in [0.3, 0.4) is 0 Å². The van der Waals surface area contributed by atoms with Crippen LogP contribution >= 0.6 is 11.6 Å². The van der Waals surface area contributed by atoms with Crippen LogP contribution < -0.4 is 0 Å². The lowest BCUT2D eigenvalue weighted by molar-refractivity contribution is -0.147. The van der Waals surface area contributed by atoms with Gasteiger partial charge in [-0.3, -0.25) is 4.79 Å². The molecule has 2 unspecified atom stereocenters. The monoisotopic (exact) mass is 302 g/mol. The van der Waals surface area contributed by atoms with Gasteiger partial charge in [-0.1, -0.05) is 17.7 Å². The molecule has 0 aliphatic heterocycles. The second-order valence-electron chi connectivity index (χ2n) is 4.03. The molecule has 0 aliphatic rings. The number of esters is 1. The highest BCUT2D eigenvalue weighted by Crippen LogP contribution is 2.30. The lowest BCUT2D eigenvalue weighted by atomic mass is 9.97. The van der Waals surface area contributed by atoms with Gasteiger partial charge in [-0.2, -0.15) is 0 Å². The van der Waals surface area contributed by atoms with E-state index >= 15 is 0 Å². The molecule has 1 rings (SSSR count). The van der Waals surface area contributed by atoms with Gasteiger partial charge in [0.05, 0.1) is 24.7 Å². The summed E-state index contributed by atoms with van der Waals surface area (Å²) in [6.45, 7) is 1.76. The average molecular weight is 303 g/mol. The van der Waals surface area contributed by atoms with Crippen LogP contribution in [-0.2, 0) is 9.53 Å². The molecule has 0 bridgehead atoms. The molecule has 0 saturated heterocycles. The molecule has 0 heterocycles. The van der Waals surface area contributed by atoms with E-state index in [-0.39, 0.29) is 22.8 Å². The molecule has 1 aromatic carbocycles. The van der Waals surface area contributed by atoms with Crippen molar-refractivity contribution in [3.05, 3.63) is 34.3 Å². The van der Waals surface area contributed by atoms with E-state index in [1.54, 1.807) is 6.92 Å². The summed E-state index contributed by atoms with van der Waals surface area (Å²) in [4.78, 5) is 22.3. The molecule has 3 N–H and O–H groups in total. The lowest BCUT2D eigenvalue weighted by Crippen LogP contribution is -2.25. The molecule has 7 heteroatoms. The maximum Gasteiger partial charge on any atom is 0.336 e. The Balaban J connectivity index is 2.99. The van der Waals surface area contributed by atoms with Crippen molar-refractivity contribution in [3.63, 3.8) is 0 Å². The van der Waals surface area contributed by atoms with Gasteiger partial charge in [-0.25, -0.2) is 4.79 Å². The van der Waals surface area contributed by atoms with E-state index in [0.717, 1.165) is 0 Å². The zero-order valence-corrected chi connectivity index (χ0v) is 11.5. The second kappa shape index (κ2) is 7.23. The first-order chi connectivity index (χ1) is 9.38. The number of hydrogen-bond donors (Lipinski definition) is 3. The SMILES string of the molecule is CCOC(=O)CC(O)C(O)c1c(Cl)cccc1C(=O)O. The van der Waals surface area contributed by atoms with Crippen LogP contribution in [0.1, 0.15) is 35.4 Å². The first-order valence-electron chi connectivity index (χ1n) is 5.91. The zero-order valence-electron chi connectivity index (χ0n) is 10.7. The number of carboxylic acids is 1. The van der Waals surface area contributed by atoms with Gasteiger partial charge < -0.3 is 20.1 Å². The summed E-state index contributed by atoms with van der Waals surface area (Å²) in [6.07, 6.45) is -3.56. The summed E-state index contributed by atoms with van der Waals surface area (Å²) in [5.74, 6) is -1.98. The molecule has 0 aromatic heterocycles. The second-order valence-corrected chi connectivity index (χ2v) is 4.43. The molecule has 6 nitrogen and oxygen atoms in total. The van der Waals surface area contributed by atoms with Crippen molar-refractivity contribution in [2.24, 2.45) is 0 Å². The number of rotatable bonds is 6. The average Bonchev–Trinajstić information content (AvgIpc) is 2.37. The molecule has 0 amide bonds. The standard InChI is InChI=1S/C13H15ClO6/c1-2-20-10(16)6-9(15)12(17)11-7(13(18)19)4-3-5-8(11)14/h3-5,9,12,15,17H,2,6H2,1H3,(H,18,19). The molecule has 0 radical (unpaired) electrons. The molecule has 20 heavy (non-hydrogen) atoms. The highest BCUT2D eigenvalue weighted by Gasteiger charge is 2.28. The summed E-state index contributed by atoms with van der Waals surface area (Å²) in [5, 5.41) is 28.9. The first kappa shape index (κ1) is 16.4. The van der Waals surface area contributed by atoms with Gasteiger partial charge in [0.25, 0.3) is 0 Å². The van der Waals surface area contributed by atoms with Crippen LogP contribution in [0.4, 0.5) is 0 Å². The molecule has 2 atom stereocenters. The topological polar surface area (TPSA) is 104 Å². The fraction of sp³-hybridized carbons (Fsp3) is 0.385. The van der Waals surface area contributed by atoms with Crippen molar-refractivity contribution >= 4 is 23.5 Å². The van der Waals surface area contributed by atoms with E-state index in [1.165, 1.54) is 18.2 Å². The first-order valence-corrected chi connectivity index (χ1v) is 6.29. The van der Waals surface area contributed by atoms with E-state index in [2.05, 4.69) is 4.74 Å². The predicted octanol–water partition coefficient (Wildman–Crippen LogP) is 1.39. The van der Waals surface area contributed by atoms with Gasteiger partial charge in [-0.15, -0.1) is 0 Å². The number of carbonyl (C=O) groups is 2. The maximum absolute atomic E-state index is 11.3. The minimum absolute atomic E-state index is 0.000286. The fourth-order valence-corrected chi connectivity index (χ4v) is 2.01. The van der Waals surface area contributed by atoms with E-state index in [4.69, 9.17) is 16.7 Å². The minimum atomic E-state index is -1.60. The summed E-state index contributed by atoms with van der Waals surface area (Å²) < 4.78 is 4.65. The lowest BCUT2D eigenvalue weighted by Gasteiger charge is -2.20. The Kier molecular flexibility index (Phi) is 5.94. The number of hydrogen-bond acceptors (Lipinski definition) is 5. The van der Waals surface area contributed by atoms with Crippen LogP contribution in [0, 0.1) is 0 Å². The van der Waals surface area contributed by atoms with Gasteiger partial charge in [-0.05, 0) is 19.1 Å². The minimum Gasteiger partial charge on any atom is -0.478 e. The smallest absolute Gasteiger partial charge is 0.336 e. The van der Waals surface area contributed by atoms with Gasteiger partial charge in [0.2, 0.25) is 0 Å². The summed E-state index contributed by atoms with van der Waals surface area (Å²) >= 11 is 5.86. The van der Waals surface area contributed by atoms with Gasteiger partial charge >= 0.3 is 11.9 Å². The molecule has 1 aromatic rings.